The first kappa shape index (κ1) is 37.0. The molecule has 0 bridgehead atoms. The third kappa shape index (κ3) is 9.87. The molecule has 222 valence electrons. The fraction of sp³-hybridized carbons (Fsp3) is 0.500. The molecule has 2 aromatic heterocycles. The van der Waals surface area contributed by atoms with E-state index in [0.717, 1.165) is 40.9 Å². The van der Waals surface area contributed by atoms with Gasteiger partial charge in [0.15, 0.2) is 0 Å². The topological polar surface area (TPSA) is 30.7 Å². The highest BCUT2D eigenvalue weighted by molar-refractivity contribution is 5.80. The van der Waals surface area contributed by atoms with Crippen molar-refractivity contribution < 1.29 is 4.39 Å². The van der Waals surface area contributed by atoms with Crippen LogP contribution in [0.15, 0.2) is 78.4 Å². The number of aromatic nitrogens is 3. The number of nitrogens with zero attached hydrogens (tertiary/aromatic N) is 3. The second-order valence-electron chi connectivity index (χ2n) is 9.81. The Morgan fingerprint density at radius 2 is 1.57 bits per heavy atom. The molecule has 1 aromatic carbocycles. The van der Waals surface area contributed by atoms with Crippen LogP contribution in [0.1, 0.15) is 107 Å². The van der Waals surface area contributed by atoms with Gasteiger partial charge in [0.1, 0.15) is 12.5 Å². The summed E-state index contributed by atoms with van der Waals surface area (Å²) in [7, 11) is 2.06. The molecule has 2 atom stereocenters. The van der Waals surface area contributed by atoms with E-state index in [-0.39, 0.29) is 5.41 Å². The van der Waals surface area contributed by atoms with E-state index < -0.39 is 6.67 Å². The van der Waals surface area contributed by atoms with Gasteiger partial charge in [0.05, 0.1) is 0 Å². The molecule has 3 rings (SSSR count). The van der Waals surface area contributed by atoms with Crippen LogP contribution in [-0.2, 0) is 12.5 Å². The molecule has 3 aromatic rings. The van der Waals surface area contributed by atoms with Crippen LogP contribution in [0.3, 0.4) is 0 Å². The number of benzene rings is 1. The molecule has 0 amide bonds. The first-order chi connectivity index (χ1) is 19.2. The number of hydrogen-bond donors (Lipinski definition) is 0. The standard InChI is InChI=1S/C18H26N2.C14H18FN.2C2H6/c1-6-14(3)18(4,7-2)16-11-9-8-10-15(16)17-19-12-13-20(17)5;1-4-5-11(2)14(12(3)10-15)13-6-8-16-9-7-13;2*1-2/h8-14H,6-7H2,1-5H3;5-9H,4,10H2,1-3H3;2*1-2H3/b;11-5-,14-12+;;. The minimum atomic E-state index is -0.410. The van der Waals surface area contributed by atoms with E-state index in [1.54, 1.807) is 12.4 Å². The Morgan fingerprint density at radius 3 is 2.05 bits per heavy atom. The van der Waals surface area contributed by atoms with Crippen molar-refractivity contribution in [2.75, 3.05) is 6.67 Å². The molecule has 0 radical (unpaired) electrons. The SMILES string of the molecule is CC.CC.CC/C=C(C)\C(=C(\C)CF)c1ccncc1.CCC(C)C(C)(CC)c1ccccc1-c1nccn1C. The maximum atomic E-state index is 12.8. The van der Waals surface area contributed by atoms with Gasteiger partial charge in [-0.3, -0.25) is 4.98 Å². The maximum absolute atomic E-state index is 12.8. The molecule has 0 fully saturated rings. The molecular formula is C36H56FN3. The number of halogens is 1. The van der Waals surface area contributed by atoms with Gasteiger partial charge in [-0.15, -0.1) is 0 Å². The predicted molar refractivity (Wildman–Crippen MR) is 175 cm³/mol. The number of imidazole rings is 1. The monoisotopic (exact) mass is 549 g/mol. The Labute approximate surface area is 245 Å². The van der Waals surface area contributed by atoms with Crippen LogP contribution >= 0.6 is 0 Å². The van der Waals surface area contributed by atoms with E-state index in [1.807, 2.05) is 66.1 Å². The van der Waals surface area contributed by atoms with Gasteiger partial charge in [-0.05, 0) is 78.0 Å². The highest BCUT2D eigenvalue weighted by atomic mass is 19.1. The van der Waals surface area contributed by atoms with Crippen molar-refractivity contribution in [2.45, 2.75) is 101 Å². The molecule has 0 aliphatic heterocycles. The zero-order chi connectivity index (χ0) is 30.7. The number of hydrogen-bond acceptors (Lipinski definition) is 2. The number of aryl methyl sites for hydroxylation is 1. The largest absolute Gasteiger partial charge is 0.334 e. The van der Waals surface area contributed by atoms with Gasteiger partial charge in [-0.25, -0.2) is 9.37 Å². The lowest BCUT2D eigenvalue weighted by Gasteiger charge is -2.36. The third-order valence-electron chi connectivity index (χ3n) is 7.54. The summed E-state index contributed by atoms with van der Waals surface area (Å²) in [4.78, 5) is 8.53. The Bertz CT molecular complexity index is 1140. The average Bonchev–Trinajstić information content (AvgIpc) is 3.44. The fourth-order valence-electron chi connectivity index (χ4n) is 4.86. The molecule has 0 spiro atoms. The van der Waals surface area contributed by atoms with Gasteiger partial charge < -0.3 is 4.57 Å². The summed E-state index contributed by atoms with van der Waals surface area (Å²) in [5, 5.41) is 0. The first-order valence-corrected chi connectivity index (χ1v) is 15.1. The number of allylic oxidation sites excluding steroid dienone is 4. The van der Waals surface area contributed by atoms with Gasteiger partial charge in [-0.2, -0.15) is 0 Å². The quantitative estimate of drug-likeness (QED) is 0.248. The number of pyridine rings is 1. The minimum Gasteiger partial charge on any atom is -0.334 e. The van der Waals surface area contributed by atoms with Crippen molar-refractivity contribution in [1.29, 1.82) is 0 Å². The van der Waals surface area contributed by atoms with Crippen molar-refractivity contribution >= 4 is 5.57 Å². The molecule has 0 N–H and O–H groups in total. The highest BCUT2D eigenvalue weighted by Gasteiger charge is 2.32. The summed E-state index contributed by atoms with van der Waals surface area (Å²) in [6.45, 7) is 22.9. The van der Waals surface area contributed by atoms with Crippen molar-refractivity contribution in [2.24, 2.45) is 13.0 Å². The lowest BCUT2D eigenvalue weighted by atomic mass is 9.68. The molecule has 2 unspecified atom stereocenters. The second kappa shape index (κ2) is 20.0. The molecule has 2 heterocycles. The predicted octanol–water partition coefficient (Wildman–Crippen LogP) is 11.0. The summed E-state index contributed by atoms with van der Waals surface area (Å²) < 4.78 is 14.9. The third-order valence-corrected chi connectivity index (χ3v) is 7.54. The molecule has 4 heteroatoms. The second-order valence-corrected chi connectivity index (χ2v) is 9.81. The van der Waals surface area contributed by atoms with Crippen molar-refractivity contribution in [3.8, 4) is 11.4 Å². The van der Waals surface area contributed by atoms with Crippen molar-refractivity contribution in [3.05, 3.63) is 89.5 Å². The normalized spacial score (nSPS) is 13.7. The molecule has 0 aliphatic rings. The summed E-state index contributed by atoms with van der Waals surface area (Å²) >= 11 is 0. The van der Waals surface area contributed by atoms with Crippen LogP contribution in [0.5, 0.6) is 0 Å². The van der Waals surface area contributed by atoms with Crippen LogP contribution in [0.2, 0.25) is 0 Å². The zero-order valence-corrected chi connectivity index (χ0v) is 27.5. The van der Waals surface area contributed by atoms with Crippen LogP contribution in [-0.4, -0.2) is 21.2 Å². The average molecular weight is 550 g/mol. The van der Waals surface area contributed by atoms with Gasteiger partial charge in [0, 0.05) is 37.4 Å². The molecule has 0 saturated heterocycles. The lowest BCUT2D eigenvalue weighted by molar-refractivity contribution is 0.296. The summed E-state index contributed by atoms with van der Waals surface area (Å²) in [5.41, 5.74) is 6.82. The fourth-order valence-corrected chi connectivity index (χ4v) is 4.86. The highest BCUT2D eigenvalue weighted by Crippen LogP contribution is 2.41. The summed E-state index contributed by atoms with van der Waals surface area (Å²) in [6.07, 6.45) is 12.8. The van der Waals surface area contributed by atoms with Crippen LogP contribution < -0.4 is 0 Å². The van der Waals surface area contributed by atoms with Crippen LogP contribution in [0.4, 0.5) is 4.39 Å². The minimum absolute atomic E-state index is 0.192. The summed E-state index contributed by atoms with van der Waals surface area (Å²) in [6, 6.07) is 12.6. The van der Waals surface area contributed by atoms with E-state index in [0.29, 0.717) is 5.92 Å². The Balaban J connectivity index is 0.000000690. The molecule has 40 heavy (non-hydrogen) atoms. The van der Waals surface area contributed by atoms with Gasteiger partial charge in [0.2, 0.25) is 0 Å². The van der Waals surface area contributed by atoms with E-state index >= 15 is 0 Å². The van der Waals surface area contributed by atoms with Crippen molar-refractivity contribution in [3.63, 3.8) is 0 Å². The first-order valence-electron chi connectivity index (χ1n) is 15.1. The Kier molecular flexibility index (Phi) is 18.5. The van der Waals surface area contributed by atoms with E-state index in [1.165, 1.54) is 17.5 Å². The Hall–Kier alpha value is -3.01. The van der Waals surface area contributed by atoms with Gasteiger partial charge in [-0.1, -0.05) is 99.1 Å². The molecule has 0 saturated carbocycles. The Morgan fingerprint density at radius 1 is 0.975 bits per heavy atom. The molecular weight excluding hydrogens is 493 g/mol. The van der Waals surface area contributed by atoms with Crippen LogP contribution in [0, 0.1) is 5.92 Å². The lowest BCUT2D eigenvalue weighted by Crippen LogP contribution is -2.30. The molecule has 3 nitrogen and oxygen atoms in total. The van der Waals surface area contributed by atoms with Gasteiger partial charge >= 0.3 is 0 Å². The number of rotatable bonds is 9. The summed E-state index contributed by atoms with van der Waals surface area (Å²) in [5.74, 6) is 1.71. The van der Waals surface area contributed by atoms with Crippen molar-refractivity contribution in [1.82, 2.24) is 14.5 Å². The zero-order valence-electron chi connectivity index (χ0n) is 27.5. The van der Waals surface area contributed by atoms with E-state index in [4.69, 9.17) is 0 Å². The number of alkyl halides is 1. The maximum Gasteiger partial charge on any atom is 0.139 e. The smallest absolute Gasteiger partial charge is 0.139 e. The van der Waals surface area contributed by atoms with E-state index in [2.05, 4.69) is 86.5 Å². The molecule has 0 aliphatic carbocycles. The van der Waals surface area contributed by atoms with Crippen LogP contribution in [0.25, 0.3) is 17.0 Å². The van der Waals surface area contributed by atoms with E-state index in [9.17, 15) is 4.39 Å². The van der Waals surface area contributed by atoms with Gasteiger partial charge in [0.25, 0.3) is 0 Å².